The van der Waals surface area contributed by atoms with E-state index < -0.39 is 18.4 Å². The minimum Gasteiger partial charge on any atom is -0.550 e. The van der Waals surface area contributed by atoms with Gasteiger partial charge in [0.15, 0.2) is 0 Å². The third-order valence-corrected chi connectivity index (χ3v) is 1.38. The maximum absolute atomic E-state index is 10.9. The van der Waals surface area contributed by atoms with E-state index in [0.29, 0.717) is 6.61 Å². The van der Waals surface area contributed by atoms with E-state index in [2.05, 4.69) is 6.58 Å². The zero-order valence-electron chi connectivity index (χ0n) is 8.67. The Hall–Kier alpha value is -0.723. The van der Waals surface area contributed by atoms with Crippen molar-refractivity contribution in [2.24, 2.45) is 0 Å². The molecule has 0 aromatic rings. The van der Waals surface area contributed by atoms with Crippen LogP contribution in [-0.2, 0) is 14.3 Å². The zero-order valence-corrected chi connectivity index (χ0v) is 8.67. The SMILES string of the molecule is C=C(CC(=O)[O-])C(=O)OCCCC.[Li+]. The average Bonchev–Trinajstić information content (AvgIpc) is 2.03. The minimum absolute atomic E-state index is 0. The van der Waals surface area contributed by atoms with Crippen molar-refractivity contribution in [3.8, 4) is 0 Å². The topological polar surface area (TPSA) is 66.4 Å². The van der Waals surface area contributed by atoms with Crippen molar-refractivity contribution in [3.05, 3.63) is 12.2 Å². The fraction of sp³-hybridized carbons (Fsp3) is 0.556. The summed E-state index contributed by atoms with van der Waals surface area (Å²) in [5.41, 5.74) is -0.0731. The first-order chi connectivity index (χ1) is 6.07. The Bertz CT molecular complexity index is 213. The number of carboxylic acids is 1. The van der Waals surface area contributed by atoms with Gasteiger partial charge in [0.1, 0.15) is 0 Å². The van der Waals surface area contributed by atoms with E-state index in [1.165, 1.54) is 0 Å². The molecule has 0 saturated carbocycles. The first-order valence-corrected chi connectivity index (χ1v) is 4.12. The van der Waals surface area contributed by atoms with Crippen LogP contribution in [0.2, 0.25) is 0 Å². The quantitative estimate of drug-likeness (QED) is 0.195. The van der Waals surface area contributed by atoms with E-state index >= 15 is 0 Å². The number of carboxylic acid groups (broad SMARTS) is 1. The number of ether oxygens (including phenoxy) is 1. The summed E-state index contributed by atoms with van der Waals surface area (Å²) >= 11 is 0. The number of carbonyl (C=O) groups is 2. The van der Waals surface area contributed by atoms with Gasteiger partial charge in [0.2, 0.25) is 0 Å². The molecule has 4 nitrogen and oxygen atoms in total. The molecule has 0 spiro atoms. The van der Waals surface area contributed by atoms with E-state index in [9.17, 15) is 14.7 Å². The maximum atomic E-state index is 10.9. The summed E-state index contributed by atoms with van der Waals surface area (Å²) in [6.07, 6.45) is 1.22. The van der Waals surface area contributed by atoms with Gasteiger partial charge < -0.3 is 14.6 Å². The molecule has 0 radical (unpaired) electrons. The summed E-state index contributed by atoms with van der Waals surface area (Å²) in [6, 6.07) is 0. The Balaban J connectivity index is 0. The van der Waals surface area contributed by atoms with Crippen molar-refractivity contribution in [1.82, 2.24) is 0 Å². The Morgan fingerprint density at radius 2 is 2.00 bits per heavy atom. The number of hydrogen-bond acceptors (Lipinski definition) is 4. The Morgan fingerprint density at radius 3 is 2.43 bits per heavy atom. The smallest absolute Gasteiger partial charge is 0.550 e. The van der Waals surface area contributed by atoms with Gasteiger partial charge in [0.25, 0.3) is 0 Å². The third kappa shape index (κ3) is 7.90. The minimum atomic E-state index is -1.32. The number of esters is 1. The normalized spacial score (nSPS) is 8.64. The van der Waals surface area contributed by atoms with Crippen molar-refractivity contribution in [2.75, 3.05) is 6.61 Å². The first-order valence-electron chi connectivity index (χ1n) is 4.12. The second-order valence-corrected chi connectivity index (χ2v) is 2.64. The van der Waals surface area contributed by atoms with Crippen LogP contribution in [0.4, 0.5) is 0 Å². The van der Waals surface area contributed by atoms with Gasteiger partial charge in [0.05, 0.1) is 6.61 Å². The molecule has 0 fully saturated rings. The van der Waals surface area contributed by atoms with Crippen molar-refractivity contribution in [3.63, 3.8) is 0 Å². The molecule has 0 aromatic heterocycles. The number of rotatable bonds is 6. The van der Waals surface area contributed by atoms with Crippen LogP contribution in [0.3, 0.4) is 0 Å². The summed E-state index contributed by atoms with van der Waals surface area (Å²) in [5, 5.41) is 10.1. The van der Waals surface area contributed by atoms with Crippen LogP contribution in [-0.4, -0.2) is 18.5 Å². The van der Waals surface area contributed by atoms with Crippen molar-refractivity contribution >= 4 is 11.9 Å². The molecule has 0 N–H and O–H groups in total. The Morgan fingerprint density at radius 1 is 1.43 bits per heavy atom. The van der Waals surface area contributed by atoms with Gasteiger partial charge in [-0.15, -0.1) is 0 Å². The number of hydrogen-bond donors (Lipinski definition) is 0. The molecular formula is C9H13LiO4. The van der Waals surface area contributed by atoms with Gasteiger partial charge in [-0.25, -0.2) is 4.79 Å². The van der Waals surface area contributed by atoms with Crippen LogP contribution in [0.15, 0.2) is 12.2 Å². The van der Waals surface area contributed by atoms with Gasteiger partial charge in [-0.1, -0.05) is 19.9 Å². The van der Waals surface area contributed by atoms with E-state index in [1.54, 1.807) is 0 Å². The summed E-state index contributed by atoms with van der Waals surface area (Å²) in [5.74, 6) is -1.98. The van der Waals surface area contributed by atoms with Crippen molar-refractivity contribution in [1.29, 1.82) is 0 Å². The molecule has 0 aliphatic rings. The molecule has 0 bridgehead atoms. The third-order valence-electron chi connectivity index (χ3n) is 1.38. The number of unbranched alkanes of at least 4 members (excludes halogenated alkanes) is 1. The van der Waals surface area contributed by atoms with Crippen LogP contribution in [0.25, 0.3) is 0 Å². The summed E-state index contributed by atoms with van der Waals surface area (Å²) in [6.45, 7) is 5.55. The van der Waals surface area contributed by atoms with Gasteiger partial charge in [0, 0.05) is 18.0 Å². The fourth-order valence-electron chi connectivity index (χ4n) is 0.658. The average molecular weight is 192 g/mol. The maximum Gasteiger partial charge on any atom is 1.00 e. The van der Waals surface area contributed by atoms with Crippen LogP contribution in [0.1, 0.15) is 26.2 Å². The second-order valence-electron chi connectivity index (χ2n) is 2.64. The fourth-order valence-corrected chi connectivity index (χ4v) is 0.658. The largest absolute Gasteiger partial charge is 1.00 e. The standard InChI is InChI=1S/C9H14O4.Li/c1-3-4-5-13-9(12)7(2)6-8(10)11;/h2-6H2,1H3,(H,10,11);/q;+1/p-1. The van der Waals surface area contributed by atoms with Crippen LogP contribution in [0.5, 0.6) is 0 Å². The molecule has 0 heterocycles. The van der Waals surface area contributed by atoms with Crippen LogP contribution >= 0.6 is 0 Å². The number of aliphatic carboxylic acids is 1. The molecule has 0 unspecified atom stereocenters. The van der Waals surface area contributed by atoms with Gasteiger partial charge in [-0.3, -0.25) is 0 Å². The van der Waals surface area contributed by atoms with Crippen LogP contribution < -0.4 is 24.0 Å². The second kappa shape index (κ2) is 8.86. The van der Waals surface area contributed by atoms with Crippen molar-refractivity contribution < 1.29 is 38.3 Å². The Kier molecular flexibility index (Phi) is 9.96. The van der Waals surface area contributed by atoms with Gasteiger partial charge >= 0.3 is 24.8 Å². The molecule has 0 aliphatic carbocycles. The molecule has 74 valence electrons. The van der Waals surface area contributed by atoms with Gasteiger partial charge in [-0.05, 0) is 6.42 Å². The first kappa shape index (κ1) is 15.7. The molecule has 14 heavy (non-hydrogen) atoms. The predicted molar refractivity (Wildman–Crippen MR) is 44.6 cm³/mol. The van der Waals surface area contributed by atoms with Crippen molar-refractivity contribution in [2.45, 2.75) is 26.2 Å². The monoisotopic (exact) mass is 192 g/mol. The summed E-state index contributed by atoms with van der Waals surface area (Å²) < 4.78 is 4.72. The molecule has 0 aliphatic heterocycles. The molecule has 0 amide bonds. The molecular weight excluding hydrogens is 179 g/mol. The van der Waals surface area contributed by atoms with E-state index in [-0.39, 0.29) is 24.4 Å². The number of carbonyl (C=O) groups excluding carboxylic acids is 2. The molecule has 0 atom stereocenters. The van der Waals surface area contributed by atoms with Crippen LogP contribution in [0, 0.1) is 0 Å². The van der Waals surface area contributed by atoms with Gasteiger partial charge in [-0.2, -0.15) is 0 Å². The summed E-state index contributed by atoms with van der Waals surface area (Å²) in [4.78, 5) is 21.0. The van der Waals surface area contributed by atoms with E-state index in [1.807, 2.05) is 6.92 Å². The van der Waals surface area contributed by atoms with E-state index in [4.69, 9.17) is 4.74 Å². The summed E-state index contributed by atoms with van der Waals surface area (Å²) in [7, 11) is 0. The zero-order chi connectivity index (χ0) is 10.3. The van der Waals surface area contributed by atoms with E-state index in [0.717, 1.165) is 12.8 Å². The molecule has 0 saturated heterocycles. The molecule has 0 aromatic carbocycles. The predicted octanol–water partition coefficient (Wildman–Crippen LogP) is -2.97. The molecule has 0 rings (SSSR count). The Labute approximate surface area is 95.5 Å². The molecule has 5 heteroatoms.